The number of hydrogen-bond acceptors (Lipinski definition) is 3. The second kappa shape index (κ2) is 6.73. The molecule has 3 atom stereocenters. The lowest BCUT2D eigenvalue weighted by Gasteiger charge is -2.19. The van der Waals surface area contributed by atoms with Gasteiger partial charge in [0.05, 0.1) is 12.2 Å². The molecule has 3 unspecified atom stereocenters. The van der Waals surface area contributed by atoms with Crippen molar-refractivity contribution in [2.75, 3.05) is 13.7 Å². The number of nitrogens with one attached hydrogen (secondary N) is 1. The molecular weight excluding hydrogens is 306 g/mol. The van der Waals surface area contributed by atoms with E-state index in [9.17, 15) is 0 Å². The van der Waals surface area contributed by atoms with E-state index < -0.39 is 0 Å². The summed E-state index contributed by atoms with van der Waals surface area (Å²) in [6.45, 7) is 4.88. The zero-order valence-electron chi connectivity index (χ0n) is 11.8. The quantitative estimate of drug-likeness (QED) is 0.894. The Balaban J connectivity index is 2.02. The maximum atomic E-state index is 5.96. The zero-order valence-corrected chi connectivity index (χ0v) is 13.4. The maximum Gasteiger partial charge on any atom is 0.124 e. The first kappa shape index (κ1) is 14.8. The highest BCUT2D eigenvalue weighted by atomic mass is 79.9. The van der Waals surface area contributed by atoms with Crippen molar-refractivity contribution in [1.82, 2.24) is 5.32 Å². The molecule has 2 rings (SSSR count). The van der Waals surface area contributed by atoms with Crippen LogP contribution in [0.2, 0.25) is 0 Å². The summed E-state index contributed by atoms with van der Waals surface area (Å²) in [7, 11) is 1.96. The largest absolute Gasteiger partial charge is 0.491 e. The molecule has 0 aliphatic carbocycles. The van der Waals surface area contributed by atoms with Gasteiger partial charge >= 0.3 is 0 Å². The van der Waals surface area contributed by atoms with Crippen LogP contribution in [0, 0.1) is 0 Å². The first-order valence-electron chi connectivity index (χ1n) is 6.85. The minimum absolute atomic E-state index is 0.233. The molecule has 19 heavy (non-hydrogen) atoms. The van der Waals surface area contributed by atoms with Gasteiger partial charge in [-0.15, -0.1) is 0 Å². The molecule has 1 heterocycles. The Morgan fingerprint density at radius 2 is 2.26 bits per heavy atom. The highest BCUT2D eigenvalue weighted by molar-refractivity contribution is 9.10. The van der Waals surface area contributed by atoms with Crippen LogP contribution in [0.15, 0.2) is 22.7 Å². The fourth-order valence-corrected chi connectivity index (χ4v) is 2.71. The van der Waals surface area contributed by atoms with Gasteiger partial charge in [0.15, 0.2) is 0 Å². The topological polar surface area (TPSA) is 30.5 Å². The molecule has 4 heteroatoms. The molecule has 1 aromatic carbocycles. The molecule has 0 bridgehead atoms. The summed E-state index contributed by atoms with van der Waals surface area (Å²) in [4.78, 5) is 0. The third-order valence-corrected chi connectivity index (χ3v) is 4.11. The minimum atomic E-state index is 0.233. The number of hydrogen-bond donors (Lipinski definition) is 1. The molecule has 0 amide bonds. The molecule has 0 saturated carbocycles. The highest BCUT2D eigenvalue weighted by Crippen LogP contribution is 2.29. The van der Waals surface area contributed by atoms with Crippen LogP contribution in [-0.4, -0.2) is 25.9 Å². The molecule has 0 aromatic heterocycles. The predicted molar refractivity (Wildman–Crippen MR) is 80.7 cm³/mol. The Hall–Kier alpha value is -0.580. The van der Waals surface area contributed by atoms with Gasteiger partial charge in [-0.2, -0.15) is 0 Å². The van der Waals surface area contributed by atoms with Crippen LogP contribution in [0.25, 0.3) is 0 Å². The SMILES string of the molecule is CNC(C)c1cc(Br)ccc1OCC1CCC(C)O1. The van der Waals surface area contributed by atoms with Crippen molar-refractivity contribution in [2.24, 2.45) is 0 Å². The molecule has 0 radical (unpaired) electrons. The summed E-state index contributed by atoms with van der Waals surface area (Å²) < 4.78 is 12.8. The van der Waals surface area contributed by atoms with Crippen LogP contribution in [-0.2, 0) is 4.74 Å². The second-order valence-corrected chi connectivity index (χ2v) is 6.07. The monoisotopic (exact) mass is 327 g/mol. The van der Waals surface area contributed by atoms with Crippen LogP contribution in [0.1, 0.15) is 38.3 Å². The van der Waals surface area contributed by atoms with Gasteiger partial charge in [0, 0.05) is 16.1 Å². The normalized spacial score (nSPS) is 24.4. The van der Waals surface area contributed by atoms with E-state index in [-0.39, 0.29) is 12.1 Å². The van der Waals surface area contributed by atoms with Crippen molar-refractivity contribution in [3.8, 4) is 5.75 Å². The number of ether oxygens (including phenoxy) is 2. The third kappa shape index (κ3) is 3.94. The van der Waals surface area contributed by atoms with Crippen LogP contribution in [0.5, 0.6) is 5.75 Å². The van der Waals surface area contributed by atoms with Crippen molar-refractivity contribution in [2.45, 2.75) is 44.9 Å². The van der Waals surface area contributed by atoms with Gasteiger partial charge in [0.2, 0.25) is 0 Å². The molecule has 0 spiro atoms. The van der Waals surface area contributed by atoms with Crippen LogP contribution >= 0.6 is 15.9 Å². The van der Waals surface area contributed by atoms with Gasteiger partial charge in [0.25, 0.3) is 0 Å². The lowest BCUT2D eigenvalue weighted by molar-refractivity contribution is 0.0261. The molecule has 1 aliphatic heterocycles. The molecule has 3 nitrogen and oxygen atoms in total. The van der Waals surface area contributed by atoms with Gasteiger partial charge in [-0.3, -0.25) is 0 Å². The van der Waals surface area contributed by atoms with Crippen molar-refractivity contribution in [1.29, 1.82) is 0 Å². The smallest absolute Gasteiger partial charge is 0.124 e. The molecule has 1 aliphatic rings. The van der Waals surface area contributed by atoms with E-state index >= 15 is 0 Å². The summed E-state index contributed by atoms with van der Waals surface area (Å²) in [5.41, 5.74) is 1.17. The lowest BCUT2D eigenvalue weighted by Crippen LogP contribution is -2.20. The number of rotatable bonds is 5. The van der Waals surface area contributed by atoms with Crippen molar-refractivity contribution in [3.63, 3.8) is 0 Å². The average molecular weight is 328 g/mol. The average Bonchev–Trinajstić information content (AvgIpc) is 2.82. The van der Waals surface area contributed by atoms with Crippen molar-refractivity contribution >= 4 is 15.9 Å². The predicted octanol–water partition coefficient (Wildman–Crippen LogP) is 3.68. The summed E-state index contributed by atoms with van der Waals surface area (Å²) in [6, 6.07) is 6.40. The fraction of sp³-hybridized carbons (Fsp3) is 0.600. The first-order chi connectivity index (χ1) is 9.10. The molecule has 1 fully saturated rings. The summed E-state index contributed by atoms with van der Waals surface area (Å²) in [6.07, 6.45) is 2.83. The van der Waals surface area contributed by atoms with E-state index in [1.54, 1.807) is 0 Å². The van der Waals surface area contributed by atoms with Gasteiger partial charge in [-0.05, 0) is 51.9 Å². The lowest BCUT2D eigenvalue weighted by atomic mass is 10.1. The Kier molecular flexibility index (Phi) is 5.25. The molecule has 1 saturated heterocycles. The minimum Gasteiger partial charge on any atom is -0.491 e. The Morgan fingerprint density at radius 1 is 1.47 bits per heavy atom. The van der Waals surface area contributed by atoms with E-state index in [4.69, 9.17) is 9.47 Å². The van der Waals surface area contributed by atoms with E-state index in [1.807, 2.05) is 19.2 Å². The van der Waals surface area contributed by atoms with E-state index in [0.29, 0.717) is 12.7 Å². The van der Waals surface area contributed by atoms with Crippen molar-refractivity contribution in [3.05, 3.63) is 28.2 Å². The molecule has 106 valence electrons. The van der Waals surface area contributed by atoms with Gasteiger partial charge in [-0.25, -0.2) is 0 Å². The van der Waals surface area contributed by atoms with Crippen LogP contribution < -0.4 is 10.1 Å². The summed E-state index contributed by atoms with van der Waals surface area (Å²) >= 11 is 3.51. The Labute approximate surface area is 123 Å². The van der Waals surface area contributed by atoms with Crippen LogP contribution in [0.4, 0.5) is 0 Å². The van der Waals surface area contributed by atoms with E-state index in [1.165, 1.54) is 5.56 Å². The van der Waals surface area contributed by atoms with Gasteiger partial charge in [-0.1, -0.05) is 15.9 Å². The summed E-state index contributed by atoms with van der Waals surface area (Å²) in [5, 5.41) is 3.25. The second-order valence-electron chi connectivity index (χ2n) is 5.15. The highest BCUT2D eigenvalue weighted by Gasteiger charge is 2.22. The molecule has 1 aromatic rings. The van der Waals surface area contributed by atoms with E-state index in [2.05, 4.69) is 41.2 Å². The first-order valence-corrected chi connectivity index (χ1v) is 7.64. The van der Waals surface area contributed by atoms with Gasteiger partial charge < -0.3 is 14.8 Å². The third-order valence-electron chi connectivity index (χ3n) is 3.62. The number of halogens is 1. The maximum absolute atomic E-state index is 5.96. The molecular formula is C15H22BrNO2. The zero-order chi connectivity index (χ0) is 13.8. The summed E-state index contributed by atoms with van der Waals surface area (Å²) in [5.74, 6) is 0.938. The Morgan fingerprint density at radius 3 is 2.89 bits per heavy atom. The van der Waals surface area contributed by atoms with Crippen molar-refractivity contribution < 1.29 is 9.47 Å². The Bertz CT molecular complexity index is 425. The fourth-order valence-electron chi connectivity index (χ4n) is 2.34. The standard InChI is InChI=1S/C15H22BrNO2/c1-10-4-6-13(19-10)9-18-15-7-5-12(16)8-14(15)11(2)17-3/h5,7-8,10-11,13,17H,4,6,9H2,1-3H3. The number of benzene rings is 1. The van der Waals surface area contributed by atoms with E-state index in [0.717, 1.165) is 23.1 Å². The van der Waals surface area contributed by atoms with Gasteiger partial charge in [0.1, 0.15) is 12.4 Å². The van der Waals surface area contributed by atoms with Crippen LogP contribution in [0.3, 0.4) is 0 Å². The molecule has 1 N–H and O–H groups in total.